The number of rotatable bonds is 6. The van der Waals surface area contributed by atoms with Gasteiger partial charge in [-0.3, -0.25) is 19.7 Å². The summed E-state index contributed by atoms with van der Waals surface area (Å²) in [4.78, 5) is 29.3. The molecule has 1 amide bonds. The van der Waals surface area contributed by atoms with Crippen LogP contribution in [0.4, 0.5) is 0 Å². The lowest BCUT2D eigenvalue weighted by atomic mass is 9.76. The van der Waals surface area contributed by atoms with Crippen molar-refractivity contribution in [2.75, 3.05) is 0 Å². The summed E-state index contributed by atoms with van der Waals surface area (Å²) in [6, 6.07) is 17.1. The number of hydrogen-bond acceptors (Lipinski definition) is 5. The minimum Gasteiger partial charge on any atom is -0.364 e. The van der Waals surface area contributed by atoms with Crippen molar-refractivity contribution < 1.29 is 4.79 Å². The molecule has 4 rings (SSSR count). The van der Waals surface area contributed by atoms with Crippen LogP contribution in [0, 0.1) is 0 Å². The van der Waals surface area contributed by atoms with Gasteiger partial charge in [0.15, 0.2) is 0 Å². The van der Waals surface area contributed by atoms with E-state index < -0.39 is 5.91 Å². The first-order valence-electron chi connectivity index (χ1n) is 9.20. The molecule has 2 N–H and O–H groups in total. The topological polar surface area (TPSA) is 94.7 Å². The van der Waals surface area contributed by atoms with E-state index in [-0.39, 0.29) is 17.5 Å². The maximum Gasteiger partial charge on any atom is 0.267 e. The van der Waals surface area contributed by atoms with E-state index in [2.05, 4.69) is 19.9 Å². The van der Waals surface area contributed by atoms with E-state index in [0.29, 0.717) is 0 Å². The summed E-state index contributed by atoms with van der Waals surface area (Å²) in [7, 11) is 0. The maximum absolute atomic E-state index is 11.7. The molecule has 0 aromatic carbocycles. The quantitative estimate of drug-likeness (QED) is 0.553. The highest BCUT2D eigenvalue weighted by molar-refractivity contribution is 5.90. The lowest BCUT2D eigenvalue weighted by molar-refractivity contribution is 0.0995. The fourth-order valence-corrected chi connectivity index (χ4v) is 3.55. The van der Waals surface area contributed by atoms with E-state index in [1.54, 1.807) is 30.7 Å². The van der Waals surface area contributed by atoms with E-state index in [1.165, 1.54) is 0 Å². The summed E-state index contributed by atoms with van der Waals surface area (Å²) in [5, 5.41) is 0. The number of amides is 1. The van der Waals surface area contributed by atoms with Crippen LogP contribution in [-0.4, -0.2) is 25.8 Å². The highest BCUT2D eigenvalue weighted by atomic mass is 16.1. The van der Waals surface area contributed by atoms with Crippen LogP contribution in [0.2, 0.25) is 0 Å². The van der Waals surface area contributed by atoms with E-state index in [4.69, 9.17) is 5.73 Å². The summed E-state index contributed by atoms with van der Waals surface area (Å²) in [5.41, 5.74) is 9.44. The zero-order chi connectivity index (χ0) is 20.1. The predicted molar refractivity (Wildman–Crippen MR) is 109 cm³/mol. The zero-order valence-corrected chi connectivity index (χ0v) is 15.6. The smallest absolute Gasteiger partial charge is 0.267 e. The summed E-state index contributed by atoms with van der Waals surface area (Å²) >= 11 is 0. The molecule has 4 aromatic rings. The first-order chi connectivity index (χ1) is 14.2. The van der Waals surface area contributed by atoms with Gasteiger partial charge in [0, 0.05) is 54.7 Å². The molecule has 0 aliphatic heterocycles. The van der Waals surface area contributed by atoms with Crippen LogP contribution in [0.1, 0.15) is 44.7 Å². The van der Waals surface area contributed by atoms with Crippen LogP contribution in [0.3, 0.4) is 0 Å². The molecule has 0 spiro atoms. The molecule has 4 heterocycles. The maximum atomic E-state index is 11.7. The molecule has 0 aliphatic rings. The van der Waals surface area contributed by atoms with Gasteiger partial charge in [0.2, 0.25) is 0 Å². The second kappa shape index (κ2) is 8.39. The number of carbonyl (C=O) groups is 1. The molecule has 29 heavy (non-hydrogen) atoms. The molecule has 0 bridgehead atoms. The Balaban J connectivity index is 1.95. The number of nitrogens with two attached hydrogens (primary N) is 1. The van der Waals surface area contributed by atoms with Gasteiger partial charge in [-0.05, 0) is 47.0 Å². The van der Waals surface area contributed by atoms with Gasteiger partial charge in [0.1, 0.15) is 5.69 Å². The largest absolute Gasteiger partial charge is 0.364 e. The summed E-state index contributed by atoms with van der Waals surface area (Å²) in [5.74, 6) is -0.898. The van der Waals surface area contributed by atoms with Crippen LogP contribution < -0.4 is 5.73 Å². The Labute approximate surface area is 168 Å². The molecule has 6 nitrogen and oxygen atoms in total. The van der Waals surface area contributed by atoms with Crippen molar-refractivity contribution in [3.05, 3.63) is 120 Å². The second-order valence-corrected chi connectivity index (χ2v) is 6.63. The molecule has 4 aromatic heterocycles. The Kier molecular flexibility index (Phi) is 5.33. The monoisotopic (exact) mass is 381 g/mol. The van der Waals surface area contributed by atoms with Crippen molar-refractivity contribution in [2.45, 2.75) is 11.8 Å². The molecule has 142 valence electrons. The minimum absolute atomic E-state index is 0.128. The van der Waals surface area contributed by atoms with Gasteiger partial charge in [-0.1, -0.05) is 24.3 Å². The molecular weight excluding hydrogens is 362 g/mol. The van der Waals surface area contributed by atoms with Gasteiger partial charge in [0.05, 0.1) is 0 Å². The van der Waals surface area contributed by atoms with E-state index in [9.17, 15) is 4.79 Å². The third-order valence-electron chi connectivity index (χ3n) is 4.81. The number of carbonyl (C=O) groups excluding carboxylic acids is 1. The van der Waals surface area contributed by atoms with Gasteiger partial charge >= 0.3 is 0 Å². The van der Waals surface area contributed by atoms with Crippen LogP contribution in [0.25, 0.3) is 0 Å². The molecule has 0 fully saturated rings. The van der Waals surface area contributed by atoms with Gasteiger partial charge in [-0.25, -0.2) is 4.98 Å². The summed E-state index contributed by atoms with van der Waals surface area (Å²) in [6.45, 7) is 0. The Hall–Kier alpha value is -3.93. The predicted octanol–water partition coefficient (Wildman–Crippen LogP) is 3.33. The van der Waals surface area contributed by atoms with Gasteiger partial charge in [-0.2, -0.15) is 0 Å². The van der Waals surface area contributed by atoms with Gasteiger partial charge < -0.3 is 5.73 Å². The first-order valence-corrected chi connectivity index (χ1v) is 9.20. The van der Waals surface area contributed by atoms with Crippen LogP contribution in [-0.2, 0) is 0 Å². The summed E-state index contributed by atoms with van der Waals surface area (Å²) in [6.07, 6.45) is 10.7. The summed E-state index contributed by atoms with van der Waals surface area (Å²) < 4.78 is 0. The molecule has 0 saturated carbocycles. The van der Waals surface area contributed by atoms with E-state index in [1.807, 2.05) is 61.1 Å². The SMILES string of the molecule is NC(=O)c1cccc(C(c2cccnc2)C(c2cccnc2)c2cccnc2)n1. The molecule has 1 unspecified atom stereocenters. The molecule has 0 saturated heterocycles. The lowest BCUT2D eigenvalue weighted by Crippen LogP contribution is -2.19. The van der Waals surface area contributed by atoms with E-state index in [0.717, 1.165) is 22.4 Å². The number of primary amides is 1. The number of hydrogen-bond donors (Lipinski definition) is 1. The Morgan fingerprint density at radius 1 is 0.690 bits per heavy atom. The van der Waals surface area contributed by atoms with Crippen molar-refractivity contribution >= 4 is 5.91 Å². The molecule has 0 aliphatic carbocycles. The molecule has 1 atom stereocenters. The number of aromatic nitrogens is 4. The molecule has 0 radical (unpaired) electrons. The van der Waals surface area contributed by atoms with Crippen molar-refractivity contribution in [1.82, 2.24) is 19.9 Å². The molecule has 6 heteroatoms. The Bertz CT molecular complexity index is 1050. The standard InChI is InChI=1S/C23H19N5O/c24-23(29)20-9-1-8-19(28-20)22(18-7-4-12-27-15-18)21(16-5-2-10-25-13-16)17-6-3-11-26-14-17/h1-15,21-22H,(H2,24,29). The lowest BCUT2D eigenvalue weighted by Gasteiger charge is -2.28. The van der Waals surface area contributed by atoms with Gasteiger partial charge in [0.25, 0.3) is 5.91 Å². The van der Waals surface area contributed by atoms with Gasteiger partial charge in [-0.15, -0.1) is 0 Å². The van der Waals surface area contributed by atoms with Crippen LogP contribution in [0.5, 0.6) is 0 Å². The van der Waals surface area contributed by atoms with E-state index >= 15 is 0 Å². The van der Waals surface area contributed by atoms with Crippen LogP contribution >= 0.6 is 0 Å². The minimum atomic E-state index is -0.559. The van der Waals surface area contributed by atoms with Crippen molar-refractivity contribution in [3.8, 4) is 0 Å². The number of nitrogens with zero attached hydrogens (tertiary/aromatic N) is 4. The van der Waals surface area contributed by atoms with Crippen LogP contribution in [0.15, 0.2) is 91.8 Å². The van der Waals surface area contributed by atoms with Crippen molar-refractivity contribution in [2.24, 2.45) is 5.73 Å². The Morgan fingerprint density at radius 2 is 1.21 bits per heavy atom. The normalized spacial score (nSPS) is 11.9. The Morgan fingerprint density at radius 3 is 1.66 bits per heavy atom. The average Bonchev–Trinajstić information content (AvgIpc) is 2.79. The van der Waals surface area contributed by atoms with Crippen molar-refractivity contribution in [3.63, 3.8) is 0 Å². The third kappa shape index (κ3) is 4.01. The third-order valence-corrected chi connectivity index (χ3v) is 4.81. The average molecular weight is 381 g/mol. The fraction of sp³-hybridized carbons (Fsp3) is 0.0870. The zero-order valence-electron chi connectivity index (χ0n) is 15.6. The first kappa shape index (κ1) is 18.4. The van der Waals surface area contributed by atoms with Crippen molar-refractivity contribution in [1.29, 1.82) is 0 Å². The highest BCUT2D eigenvalue weighted by Gasteiger charge is 2.30. The highest BCUT2D eigenvalue weighted by Crippen LogP contribution is 2.41. The fourth-order valence-electron chi connectivity index (χ4n) is 3.55. The molecular formula is C23H19N5O. The number of pyridine rings is 4. The second-order valence-electron chi connectivity index (χ2n) is 6.63.